The van der Waals surface area contributed by atoms with Crippen LogP contribution in [0.5, 0.6) is 11.5 Å². The van der Waals surface area contributed by atoms with Gasteiger partial charge >= 0.3 is 0 Å². The van der Waals surface area contributed by atoms with Gasteiger partial charge in [-0.3, -0.25) is 4.79 Å². The number of aromatic nitrogens is 2. The van der Waals surface area contributed by atoms with Gasteiger partial charge in [0.1, 0.15) is 12.1 Å². The van der Waals surface area contributed by atoms with Crippen molar-refractivity contribution in [3.63, 3.8) is 0 Å². The molecule has 3 aromatic rings. The molecule has 0 radical (unpaired) electrons. The number of anilines is 2. The molecule has 5 rings (SSSR count). The lowest BCUT2D eigenvalue weighted by molar-refractivity contribution is -0.126. The molecule has 1 aliphatic carbocycles. The number of hydrogen-bond acceptors (Lipinski definition) is 7. The average Bonchev–Trinajstić information content (AvgIpc) is 2.95. The molecule has 2 heterocycles. The number of rotatable bonds is 7. The van der Waals surface area contributed by atoms with Crippen LogP contribution in [0, 0.1) is 11.7 Å². The normalized spacial score (nSPS) is 20.7. The zero-order valence-corrected chi connectivity index (χ0v) is 22.4. The lowest BCUT2D eigenvalue weighted by Gasteiger charge is -2.40. The fourth-order valence-electron chi connectivity index (χ4n) is 5.58. The summed E-state index contributed by atoms with van der Waals surface area (Å²) in [7, 11) is 3.32. The fourth-order valence-corrected chi connectivity index (χ4v) is 5.76. The van der Waals surface area contributed by atoms with Crippen molar-refractivity contribution in [3.05, 3.63) is 47.5 Å². The molecule has 1 aromatic heterocycles. The Hall–Kier alpha value is -3.17. The predicted molar refractivity (Wildman–Crippen MR) is 146 cm³/mol. The SMILES string of the molecule is CNC(=O)C1CCN(C2CCC(Oc3cc4c(Nc5cccc(Cl)c5F)ncnc4cc3OC)CC2)CC1. The van der Waals surface area contributed by atoms with Crippen LogP contribution in [0.15, 0.2) is 36.7 Å². The van der Waals surface area contributed by atoms with Gasteiger partial charge < -0.3 is 25.0 Å². The van der Waals surface area contributed by atoms with Crippen LogP contribution >= 0.6 is 11.6 Å². The highest BCUT2D eigenvalue weighted by molar-refractivity contribution is 6.31. The van der Waals surface area contributed by atoms with Gasteiger partial charge in [0.05, 0.1) is 29.4 Å². The summed E-state index contributed by atoms with van der Waals surface area (Å²) >= 11 is 5.95. The van der Waals surface area contributed by atoms with Crippen molar-refractivity contribution >= 4 is 39.9 Å². The van der Waals surface area contributed by atoms with Gasteiger partial charge in [0.25, 0.3) is 0 Å². The van der Waals surface area contributed by atoms with Gasteiger partial charge in [0.15, 0.2) is 17.3 Å². The van der Waals surface area contributed by atoms with Crippen LogP contribution < -0.4 is 20.1 Å². The Bertz CT molecular complexity index is 1290. The molecule has 2 aromatic carbocycles. The van der Waals surface area contributed by atoms with Crippen molar-refractivity contribution in [1.82, 2.24) is 20.2 Å². The zero-order valence-electron chi connectivity index (χ0n) is 21.7. The molecule has 2 fully saturated rings. The largest absolute Gasteiger partial charge is 0.493 e. The number of benzene rings is 2. The summed E-state index contributed by atoms with van der Waals surface area (Å²) in [4.78, 5) is 23.2. The number of ether oxygens (including phenoxy) is 2. The maximum atomic E-state index is 14.5. The van der Waals surface area contributed by atoms with E-state index >= 15 is 0 Å². The Labute approximate surface area is 226 Å². The first-order valence-corrected chi connectivity index (χ1v) is 13.5. The van der Waals surface area contributed by atoms with E-state index in [0.29, 0.717) is 34.3 Å². The molecule has 202 valence electrons. The average molecular weight is 542 g/mol. The zero-order chi connectivity index (χ0) is 26.6. The maximum Gasteiger partial charge on any atom is 0.222 e. The van der Waals surface area contributed by atoms with E-state index < -0.39 is 5.82 Å². The molecule has 2 aliphatic rings. The summed E-state index contributed by atoms with van der Waals surface area (Å²) in [6.45, 7) is 1.94. The Balaban J connectivity index is 1.27. The molecule has 10 heteroatoms. The summed E-state index contributed by atoms with van der Waals surface area (Å²) in [6, 6.07) is 8.97. The fraction of sp³-hybridized carbons (Fsp3) is 0.464. The van der Waals surface area contributed by atoms with Gasteiger partial charge in [-0.05, 0) is 69.8 Å². The predicted octanol–water partition coefficient (Wildman–Crippen LogP) is 5.32. The lowest BCUT2D eigenvalue weighted by Crippen LogP contribution is -2.46. The number of nitrogens with zero attached hydrogens (tertiary/aromatic N) is 3. The summed E-state index contributed by atoms with van der Waals surface area (Å²) in [5.41, 5.74) is 0.881. The van der Waals surface area contributed by atoms with Crippen molar-refractivity contribution in [2.24, 2.45) is 5.92 Å². The third-order valence-electron chi connectivity index (χ3n) is 7.73. The van der Waals surface area contributed by atoms with Crippen molar-refractivity contribution < 1.29 is 18.7 Å². The van der Waals surface area contributed by atoms with E-state index in [0.717, 1.165) is 51.6 Å². The first-order valence-electron chi connectivity index (χ1n) is 13.1. The number of amides is 1. The van der Waals surface area contributed by atoms with Gasteiger partial charge in [-0.15, -0.1) is 0 Å². The van der Waals surface area contributed by atoms with Gasteiger partial charge in [-0.25, -0.2) is 14.4 Å². The number of halogens is 2. The molecule has 1 aliphatic heterocycles. The Morgan fingerprint density at radius 2 is 1.84 bits per heavy atom. The van der Waals surface area contributed by atoms with Crippen LogP contribution in [-0.2, 0) is 4.79 Å². The second-order valence-electron chi connectivity index (χ2n) is 9.94. The molecule has 38 heavy (non-hydrogen) atoms. The Kier molecular flexibility index (Phi) is 8.14. The molecule has 1 amide bonds. The van der Waals surface area contributed by atoms with Crippen molar-refractivity contribution in [1.29, 1.82) is 0 Å². The molecule has 8 nitrogen and oxygen atoms in total. The van der Waals surface area contributed by atoms with Crippen LogP contribution in [0.25, 0.3) is 10.9 Å². The number of likely N-dealkylation sites (tertiary alicyclic amines) is 1. The van der Waals surface area contributed by atoms with Crippen LogP contribution in [0.4, 0.5) is 15.9 Å². The van der Waals surface area contributed by atoms with Crippen molar-refractivity contribution in [3.8, 4) is 11.5 Å². The van der Waals surface area contributed by atoms with E-state index in [-0.39, 0.29) is 28.6 Å². The maximum absolute atomic E-state index is 14.5. The summed E-state index contributed by atoms with van der Waals surface area (Å²) < 4.78 is 26.6. The van der Waals surface area contributed by atoms with Crippen LogP contribution in [-0.4, -0.2) is 60.2 Å². The molecule has 0 spiro atoms. The number of piperidine rings is 1. The summed E-state index contributed by atoms with van der Waals surface area (Å²) in [6.07, 6.45) is 7.30. The smallest absolute Gasteiger partial charge is 0.222 e. The molecular weight excluding hydrogens is 509 g/mol. The van der Waals surface area contributed by atoms with E-state index in [9.17, 15) is 9.18 Å². The van der Waals surface area contributed by atoms with E-state index in [1.165, 1.54) is 12.4 Å². The van der Waals surface area contributed by atoms with Gasteiger partial charge in [-0.1, -0.05) is 17.7 Å². The van der Waals surface area contributed by atoms with Gasteiger partial charge in [0, 0.05) is 30.5 Å². The number of nitrogens with one attached hydrogen (secondary N) is 2. The number of hydrogen-bond donors (Lipinski definition) is 2. The first-order chi connectivity index (χ1) is 18.5. The van der Waals surface area contributed by atoms with E-state index in [1.807, 2.05) is 12.1 Å². The molecule has 0 atom stereocenters. The standard InChI is InChI=1S/C28H33ClFN5O3/c1-31-28(36)17-10-12-35(13-11-17)18-6-8-19(9-7-18)38-25-14-20-23(15-24(25)37-2)32-16-33-27(20)34-22-5-3-4-21(29)26(22)30/h3-5,14-19H,6-13H2,1-2H3,(H,31,36)(H,32,33,34). The van der Waals surface area contributed by atoms with Crippen LogP contribution in [0.2, 0.25) is 5.02 Å². The summed E-state index contributed by atoms with van der Waals surface area (Å²) in [5, 5.41) is 6.55. The highest BCUT2D eigenvalue weighted by atomic mass is 35.5. The van der Waals surface area contributed by atoms with Crippen molar-refractivity contribution in [2.75, 3.05) is 32.6 Å². The van der Waals surface area contributed by atoms with E-state index in [1.54, 1.807) is 26.3 Å². The molecule has 0 bridgehead atoms. The molecule has 2 N–H and O–H groups in total. The topological polar surface area (TPSA) is 88.6 Å². The molecular formula is C28H33ClFN5O3. The third-order valence-corrected chi connectivity index (χ3v) is 8.02. The second-order valence-corrected chi connectivity index (χ2v) is 10.3. The number of carbonyl (C=O) groups excluding carboxylic acids is 1. The minimum absolute atomic E-state index is 0.0329. The minimum atomic E-state index is -0.541. The Morgan fingerprint density at radius 3 is 2.55 bits per heavy atom. The summed E-state index contributed by atoms with van der Waals surface area (Å²) in [5.74, 6) is 1.41. The minimum Gasteiger partial charge on any atom is -0.493 e. The first kappa shape index (κ1) is 26.4. The van der Waals surface area contributed by atoms with E-state index in [4.69, 9.17) is 21.1 Å². The number of fused-ring (bicyclic) bond motifs is 1. The highest BCUT2D eigenvalue weighted by Gasteiger charge is 2.31. The third kappa shape index (κ3) is 5.63. The molecule has 0 unspecified atom stereocenters. The second kappa shape index (κ2) is 11.7. The molecule has 1 saturated carbocycles. The lowest BCUT2D eigenvalue weighted by atomic mass is 9.88. The van der Waals surface area contributed by atoms with Gasteiger partial charge in [0.2, 0.25) is 5.91 Å². The van der Waals surface area contributed by atoms with Gasteiger partial charge in [-0.2, -0.15) is 0 Å². The highest BCUT2D eigenvalue weighted by Crippen LogP contribution is 2.38. The van der Waals surface area contributed by atoms with Crippen LogP contribution in [0.1, 0.15) is 38.5 Å². The number of carbonyl (C=O) groups is 1. The monoisotopic (exact) mass is 541 g/mol. The van der Waals surface area contributed by atoms with Crippen LogP contribution in [0.3, 0.4) is 0 Å². The molecule has 1 saturated heterocycles. The number of methoxy groups -OCH3 is 1. The van der Waals surface area contributed by atoms with Crippen molar-refractivity contribution in [2.45, 2.75) is 50.7 Å². The van der Waals surface area contributed by atoms with E-state index in [2.05, 4.69) is 25.5 Å². The quantitative estimate of drug-likeness (QED) is 0.418. The Morgan fingerprint density at radius 1 is 1.08 bits per heavy atom.